The summed E-state index contributed by atoms with van der Waals surface area (Å²) in [4.78, 5) is 15.0. The molecule has 0 spiro atoms. The highest BCUT2D eigenvalue weighted by Gasteiger charge is 2.18. The van der Waals surface area contributed by atoms with E-state index in [4.69, 9.17) is 23.8 Å². The summed E-state index contributed by atoms with van der Waals surface area (Å²) in [6.07, 6.45) is 0. The zero-order chi connectivity index (χ0) is 33.5. The minimum atomic E-state index is 0.576. The van der Waals surface area contributed by atoms with Crippen LogP contribution in [0.15, 0.2) is 167 Å². The molecule has 51 heavy (non-hydrogen) atoms. The smallest absolute Gasteiger partial charge is 0.164 e. The molecule has 0 bridgehead atoms. The lowest BCUT2D eigenvalue weighted by Gasteiger charge is -2.09. The van der Waals surface area contributed by atoms with Crippen molar-refractivity contribution < 1.29 is 8.83 Å². The van der Waals surface area contributed by atoms with E-state index in [-0.39, 0.29) is 0 Å². The number of para-hydroxylation sites is 3. The van der Waals surface area contributed by atoms with E-state index in [1.807, 2.05) is 66.7 Å². The summed E-state index contributed by atoms with van der Waals surface area (Å²) in [7, 11) is 0. The van der Waals surface area contributed by atoms with Gasteiger partial charge in [0.2, 0.25) is 0 Å². The van der Waals surface area contributed by atoms with Gasteiger partial charge in [0.25, 0.3) is 0 Å². The third kappa shape index (κ3) is 4.33. The molecule has 0 radical (unpaired) electrons. The van der Waals surface area contributed by atoms with E-state index in [2.05, 4.69) is 95.6 Å². The van der Waals surface area contributed by atoms with E-state index in [0.29, 0.717) is 17.5 Å². The van der Waals surface area contributed by atoms with Gasteiger partial charge in [-0.1, -0.05) is 91.0 Å². The van der Waals surface area contributed by atoms with E-state index in [0.717, 1.165) is 66.3 Å². The minimum absolute atomic E-state index is 0.576. The first-order valence-corrected chi connectivity index (χ1v) is 16.9. The summed E-state index contributed by atoms with van der Waals surface area (Å²) >= 11 is 0. The van der Waals surface area contributed by atoms with Crippen molar-refractivity contribution in [2.24, 2.45) is 0 Å². The van der Waals surface area contributed by atoms with Crippen molar-refractivity contribution in [1.29, 1.82) is 0 Å². The maximum Gasteiger partial charge on any atom is 0.164 e. The van der Waals surface area contributed by atoms with Crippen LogP contribution in [-0.2, 0) is 0 Å². The molecule has 0 aliphatic carbocycles. The number of aromatic nitrogens is 4. The van der Waals surface area contributed by atoms with Crippen molar-refractivity contribution in [3.63, 3.8) is 0 Å². The van der Waals surface area contributed by atoms with Crippen LogP contribution >= 0.6 is 0 Å². The first kappa shape index (κ1) is 27.9. The Morgan fingerprint density at radius 1 is 0.333 bits per heavy atom. The first-order valence-electron chi connectivity index (χ1n) is 16.9. The van der Waals surface area contributed by atoms with Crippen LogP contribution < -0.4 is 0 Å². The molecule has 6 heteroatoms. The number of rotatable bonds is 4. The van der Waals surface area contributed by atoms with Crippen molar-refractivity contribution in [3.05, 3.63) is 158 Å². The van der Waals surface area contributed by atoms with E-state index in [1.54, 1.807) is 0 Å². The Bertz CT molecular complexity index is 3100. The molecule has 4 heterocycles. The second-order valence-electron chi connectivity index (χ2n) is 12.8. The normalized spacial score (nSPS) is 11.9. The molecule has 6 nitrogen and oxygen atoms in total. The Kier molecular flexibility index (Phi) is 5.86. The predicted octanol–water partition coefficient (Wildman–Crippen LogP) is 11.8. The van der Waals surface area contributed by atoms with Crippen molar-refractivity contribution in [1.82, 2.24) is 19.5 Å². The summed E-state index contributed by atoms with van der Waals surface area (Å²) in [5.41, 5.74) is 9.33. The van der Waals surface area contributed by atoms with Gasteiger partial charge >= 0.3 is 0 Å². The topological polar surface area (TPSA) is 69.9 Å². The van der Waals surface area contributed by atoms with Gasteiger partial charge in [0, 0.05) is 54.7 Å². The van der Waals surface area contributed by atoms with Crippen molar-refractivity contribution in [2.45, 2.75) is 0 Å². The quantitative estimate of drug-likeness (QED) is 0.189. The summed E-state index contributed by atoms with van der Waals surface area (Å²) in [5, 5.41) is 6.63. The molecular weight excluding hydrogens is 629 g/mol. The molecule has 0 aliphatic heterocycles. The fourth-order valence-corrected chi connectivity index (χ4v) is 7.46. The largest absolute Gasteiger partial charge is 0.456 e. The molecule has 0 fully saturated rings. The van der Waals surface area contributed by atoms with Crippen LogP contribution in [0, 0.1) is 0 Å². The zero-order valence-corrected chi connectivity index (χ0v) is 27.1. The molecule has 0 saturated heterocycles. The summed E-state index contributed by atoms with van der Waals surface area (Å²) < 4.78 is 14.9. The molecule has 7 aromatic carbocycles. The second kappa shape index (κ2) is 10.7. The lowest BCUT2D eigenvalue weighted by atomic mass is 10.1. The lowest BCUT2D eigenvalue weighted by Crippen LogP contribution is -2.00. The molecule has 4 aromatic heterocycles. The Balaban J connectivity index is 1.09. The highest BCUT2D eigenvalue weighted by molar-refractivity contribution is 6.11. The number of hydrogen-bond donors (Lipinski definition) is 0. The first-order chi connectivity index (χ1) is 25.2. The fourth-order valence-electron chi connectivity index (χ4n) is 7.46. The molecule has 0 unspecified atom stereocenters. The summed E-state index contributed by atoms with van der Waals surface area (Å²) in [5.74, 6) is 1.76. The molecule has 0 N–H and O–H groups in total. The van der Waals surface area contributed by atoms with E-state index in [1.165, 1.54) is 21.8 Å². The Morgan fingerprint density at radius 2 is 0.843 bits per heavy atom. The van der Waals surface area contributed by atoms with Crippen LogP contribution in [0.2, 0.25) is 0 Å². The minimum Gasteiger partial charge on any atom is -0.456 e. The van der Waals surface area contributed by atoms with E-state index < -0.39 is 0 Å². The third-order valence-electron chi connectivity index (χ3n) is 9.85. The van der Waals surface area contributed by atoms with Gasteiger partial charge in [-0.3, -0.25) is 0 Å². The van der Waals surface area contributed by atoms with Gasteiger partial charge in [-0.25, -0.2) is 15.0 Å². The van der Waals surface area contributed by atoms with Gasteiger partial charge in [0.1, 0.15) is 22.3 Å². The lowest BCUT2D eigenvalue weighted by molar-refractivity contribution is 0.668. The van der Waals surface area contributed by atoms with Gasteiger partial charge in [-0.15, -0.1) is 0 Å². The fraction of sp³-hybridized carbons (Fsp3) is 0. The zero-order valence-electron chi connectivity index (χ0n) is 27.1. The number of benzene rings is 7. The molecule has 11 aromatic rings. The average molecular weight is 655 g/mol. The van der Waals surface area contributed by atoms with Gasteiger partial charge in [-0.05, 0) is 66.7 Å². The molecule has 238 valence electrons. The van der Waals surface area contributed by atoms with Crippen LogP contribution in [0.3, 0.4) is 0 Å². The van der Waals surface area contributed by atoms with Crippen LogP contribution in [0.1, 0.15) is 0 Å². The molecule has 11 rings (SSSR count). The molecule has 0 aliphatic rings. The summed E-state index contributed by atoms with van der Waals surface area (Å²) in [6.45, 7) is 0. The Hall–Kier alpha value is -7.05. The van der Waals surface area contributed by atoms with Crippen molar-refractivity contribution >= 4 is 65.7 Å². The standard InChI is InChI=1S/C45H26N4O2/c1-2-10-27(11-3-1)43-46-44(48-45(47-43)29-18-21-34-33-14-6-9-17-39(33)51-42(34)25-29)28-19-22-40-35(24-28)36-26-30(20-23-41(36)50-40)49-37-15-7-4-12-31(37)32-13-5-8-16-38(32)49/h1-26H. The second-order valence-corrected chi connectivity index (χ2v) is 12.8. The monoisotopic (exact) mass is 654 g/mol. The number of nitrogens with zero attached hydrogens (tertiary/aromatic N) is 4. The van der Waals surface area contributed by atoms with E-state index in [9.17, 15) is 0 Å². The van der Waals surface area contributed by atoms with Crippen LogP contribution in [0.4, 0.5) is 0 Å². The van der Waals surface area contributed by atoms with Gasteiger partial charge in [0.05, 0.1) is 11.0 Å². The van der Waals surface area contributed by atoms with Crippen molar-refractivity contribution in [2.75, 3.05) is 0 Å². The average Bonchev–Trinajstić information content (AvgIpc) is 3.86. The van der Waals surface area contributed by atoms with Crippen molar-refractivity contribution in [3.8, 4) is 39.9 Å². The van der Waals surface area contributed by atoms with Crippen LogP contribution in [0.5, 0.6) is 0 Å². The highest BCUT2D eigenvalue weighted by atomic mass is 16.3. The molecule has 0 amide bonds. The van der Waals surface area contributed by atoms with Crippen LogP contribution in [-0.4, -0.2) is 19.5 Å². The highest BCUT2D eigenvalue weighted by Crippen LogP contribution is 2.37. The Labute approximate surface area is 290 Å². The van der Waals surface area contributed by atoms with E-state index >= 15 is 0 Å². The van der Waals surface area contributed by atoms with Gasteiger partial charge in [0.15, 0.2) is 17.5 Å². The van der Waals surface area contributed by atoms with Gasteiger partial charge in [-0.2, -0.15) is 0 Å². The van der Waals surface area contributed by atoms with Crippen LogP contribution in [0.25, 0.3) is 106 Å². The number of furan rings is 2. The SMILES string of the molecule is c1ccc(-c2nc(-c3ccc4c(c3)oc3ccccc34)nc(-c3ccc4oc5ccc(-n6c7ccccc7c7ccccc76)cc5c4c3)n2)cc1. The Morgan fingerprint density at radius 3 is 1.59 bits per heavy atom. The molecule has 0 atom stereocenters. The van der Waals surface area contributed by atoms with Gasteiger partial charge < -0.3 is 13.4 Å². The number of hydrogen-bond acceptors (Lipinski definition) is 5. The maximum absolute atomic E-state index is 6.37. The molecule has 0 saturated carbocycles. The maximum atomic E-state index is 6.37. The third-order valence-corrected chi connectivity index (χ3v) is 9.85. The predicted molar refractivity (Wildman–Crippen MR) is 205 cm³/mol. The summed E-state index contributed by atoms with van der Waals surface area (Å²) in [6, 6.07) is 54.0. The number of fused-ring (bicyclic) bond motifs is 9. The molecular formula is C45H26N4O2.